The van der Waals surface area contributed by atoms with Crippen molar-refractivity contribution in [3.63, 3.8) is 0 Å². The van der Waals surface area contributed by atoms with E-state index in [0.29, 0.717) is 80.8 Å². The van der Waals surface area contributed by atoms with Gasteiger partial charge in [-0.3, -0.25) is 9.69 Å². The van der Waals surface area contributed by atoms with Crippen LogP contribution in [0.4, 0.5) is 21.0 Å². The molecule has 3 N–H and O–H groups in total. The number of fused-ring (bicyclic) bond motifs is 3. The van der Waals surface area contributed by atoms with Gasteiger partial charge in [0.05, 0.1) is 22.9 Å². The highest BCUT2D eigenvalue weighted by Gasteiger charge is 2.42. The summed E-state index contributed by atoms with van der Waals surface area (Å²) in [6.45, 7) is 6.40. The highest BCUT2D eigenvalue weighted by atomic mass is 35.5. The molecule has 0 spiro atoms. The summed E-state index contributed by atoms with van der Waals surface area (Å²) in [7, 11) is 2.27. The van der Waals surface area contributed by atoms with Gasteiger partial charge >= 0.3 is 12.1 Å². The van der Waals surface area contributed by atoms with Gasteiger partial charge in [0.15, 0.2) is 6.10 Å². The van der Waals surface area contributed by atoms with Gasteiger partial charge in [-0.05, 0) is 74.6 Å². The molecular formula is C35H48ClN7O4S. The van der Waals surface area contributed by atoms with Crippen LogP contribution in [0.1, 0.15) is 62.1 Å². The molecule has 5 aliphatic rings. The lowest BCUT2D eigenvalue weighted by Gasteiger charge is -2.45. The van der Waals surface area contributed by atoms with Crippen molar-refractivity contribution in [3.8, 4) is 0 Å². The van der Waals surface area contributed by atoms with Crippen LogP contribution in [0.15, 0.2) is 22.9 Å². The number of hydrogen-bond acceptors (Lipinski definition) is 8. The molecular weight excluding hydrogens is 650 g/mol. The fraction of sp³-hybridized carbons (Fsp3) is 0.629. The Labute approximate surface area is 292 Å². The molecule has 4 fully saturated rings. The molecule has 48 heavy (non-hydrogen) atoms. The van der Waals surface area contributed by atoms with Crippen LogP contribution in [0.5, 0.6) is 0 Å². The fourth-order valence-electron chi connectivity index (χ4n) is 8.58. The number of carbonyl (C=O) groups excluding carboxylic acids is 3. The lowest BCUT2D eigenvalue weighted by atomic mass is 9.96. The predicted octanol–water partition coefficient (Wildman–Crippen LogP) is 4.88. The van der Waals surface area contributed by atoms with E-state index in [-0.39, 0.29) is 24.4 Å². The van der Waals surface area contributed by atoms with Crippen molar-refractivity contribution in [2.24, 2.45) is 0 Å². The Morgan fingerprint density at radius 1 is 0.979 bits per heavy atom. The number of amides is 4. The molecule has 0 radical (unpaired) electrons. The lowest BCUT2D eigenvalue weighted by molar-refractivity contribution is -0.143. The number of urea groups is 1. The average Bonchev–Trinajstić information content (AvgIpc) is 3.62. The van der Waals surface area contributed by atoms with Gasteiger partial charge in [0.1, 0.15) is 0 Å². The number of ether oxygens (including phenoxy) is 1. The Kier molecular flexibility index (Phi) is 9.79. The van der Waals surface area contributed by atoms with Gasteiger partial charge in [-0.1, -0.05) is 24.6 Å². The molecule has 1 aromatic carbocycles. The number of likely N-dealkylation sites (tertiary alicyclic amines) is 1. The molecule has 11 nitrogen and oxygen atoms in total. The van der Waals surface area contributed by atoms with E-state index in [4.69, 9.17) is 22.1 Å². The van der Waals surface area contributed by atoms with E-state index in [9.17, 15) is 14.4 Å². The van der Waals surface area contributed by atoms with Crippen molar-refractivity contribution >= 4 is 52.3 Å². The molecule has 0 aliphatic carbocycles. The monoisotopic (exact) mass is 697 g/mol. The number of halogens is 1. The summed E-state index contributed by atoms with van der Waals surface area (Å²) in [5, 5.41) is 7.46. The molecule has 260 valence electrons. The number of piperazine rings is 1. The number of aryl methyl sites for hydroxylation is 1. The molecule has 0 saturated carbocycles. The molecule has 4 amide bonds. The molecule has 2 aromatic rings. The van der Waals surface area contributed by atoms with E-state index < -0.39 is 12.2 Å². The number of nitrogens with two attached hydrogens (primary N) is 1. The summed E-state index contributed by atoms with van der Waals surface area (Å²) >= 11 is 8.08. The van der Waals surface area contributed by atoms with Crippen LogP contribution in [-0.2, 0) is 28.9 Å². The SMILES string of the molecule is CCc1cc(C[C@@H](OC(=O)N2CCC(N3Cc4cscc4NC3=O)CC2)C(=O)N2CCN(C3CC4CCC(C3)N4C)CC2)cc(Cl)c1N. The maximum Gasteiger partial charge on any atom is 0.410 e. The molecule has 7 rings (SSSR count). The van der Waals surface area contributed by atoms with Crippen molar-refractivity contribution in [3.05, 3.63) is 44.6 Å². The Morgan fingerprint density at radius 3 is 2.38 bits per heavy atom. The van der Waals surface area contributed by atoms with E-state index in [1.54, 1.807) is 22.3 Å². The maximum absolute atomic E-state index is 14.1. The van der Waals surface area contributed by atoms with Gasteiger partial charge in [-0.25, -0.2) is 9.59 Å². The zero-order valence-corrected chi connectivity index (χ0v) is 29.6. The van der Waals surface area contributed by atoms with Gasteiger partial charge in [0.2, 0.25) is 0 Å². The number of nitrogens with one attached hydrogen (secondary N) is 1. The minimum atomic E-state index is -0.977. The lowest BCUT2D eigenvalue weighted by Crippen LogP contribution is -2.57. The first-order chi connectivity index (χ1) is 23.2. The van der Waals surface area contributed by atoms with Crippen molar-refractivity contribution in [2.75, 3.05) is 57.4 Å². The molecule has 6 heterocycles. The Balaban J connectivity index is 0.998. The third kappa shape index (κ3) is 6.73. The first-order valence-electron chi connectivity index (χ1n) is 17.6. The second-order valence-electron chi connectivity index (χ2n) is 14.2. The van der Waals surface area contributed by atoms with E-state index in [2.05, 4.69) is 27.5 Å². The Hall–Kier alpha value is -3.06. The molecule has 1 aromatic heterocycles. The van der Waals surface area contributed by atoms with Gasteiger partial charge in [-0.15, -0.1) is 11.3 Å². The van der Waals surface area contributed by atoms with Crippen LogP contribution in [0, 0.1) is 0 Å². The topological polar surface area (TPSA) is 115 Å². The summed E-state index contributed by atoms with van der Waals surface area (Å²) in [5.41, 5.74) is 10.5. The van der Waals surface area contributed by atoms with Gasteiger partial charge < -0.3 is 35.4 Å². The van der Waals surface area contributed by atoms with Crippen molar-refractivity contribution in [1.29, 1.82) is 0 Å². The first-order valence-corrected chi connectivity index (χ1v) is 18.9. The standard InChI is InChI=1S/C35H48ClN7O4S/c1-3-23-14-22(15-29(36)32(23)37)16-31(33(44)41-12-10-40(11-13-41)28-17-26-4-5-27(18-28)39(26)2)47-35(46)42-8-6-25(7-9-42)43-19-24-20-48-21-30(24)38-34(43)45/h14-15,20-21,25-28,31H,3-13,16-19,37H2,1-2H3,(H,38,45)/t26?,27?,28?,31-/m1/s1. The largest absolute Gasteiger partial charge is 0.436 e. The summed E-state index contributed by atoms with van der Waals surface area (Å²) in [5.74, 6) is -0.163. The number of anilines is 2. The van der Waals surface area contributed by atoms with Crippen LogP contribution < -0.4 is 11.1 Å². The second kappa shape index (κ2) is 14.0. The zero-order chi connectivity index (χ0) is 33.5. The molecule has 13 heteroatoms. The van der Waals surface area contributed by atoms with E-state index in [0.717, 1.165) is 35.5 Å². The number of thiophene rings is 1. The highest BCUT2D eigenvalue weighted by Crippen LogP contribution is 2.37. The molecule has 2 bridgehead atoms. The van der Waals surface area contributed by atoms with Crippen molar-refractivity contribution in [1.82, 2.24) is 24.5 Å². The van der Waals surface area contributed by atoms with Gasteiger partial charge in [0.25, 0.3) is 5.91 Å². The number of nitrogen functional groups attached to an aromatic ring is 1. The van der Waals surface area contributed by atoms with Crippen LogP contribution in [0.25, 0.3) is 0 Å². The minimum absolute atomic E-state index is 0.0277. The summed E-state index contributed by atoms with van der Waals surface area (Å²) in [6, 6.07) is 5.60. The molecule has 5 aliphatic heterocycles. The smallest absolute Gasteiger partial charge is 0.410 e. The summed E-state index contributed by atoms with van der Waals surface area (Å²) in [4.78, 5) is 51.1. The van der Waals surface area contributed by atoms with E-state index >= 15 is 0 Å². The Bertz CT molecular complexity index is 1510. The number of rotatable bonds is 7. The quantitative estimate of drug-likeness (QED) is 0.397. The molecule has 2 unspecified atom stereocenters. The second-order valence-corrected chi connectivity index (χ2v) is 15.4. The fourth-order valence-corrected chi connectivity index (χ4v) is 9.62. The number of nitrogens with zero attached hydrogens (tertiary/aromatic N) is 5. The van der Waals surface area contributed by atoms with E-state index in [1.165, 1.54) is 25.7 Å². The third-order valence-electron chi connectivity index (χ3n) is 11.6. The van der Waals surface area contributed by atoms with Crippen molar-refractivity contribution < 1.29 is 19.1 Å². The van der Waals surface area contributed by atoms with Crippen molar-refractivity contribution in [2.45, 2.75) is 95.1 Å². The zero-order valence-electron chi connectivity index (χ0n) is 28.0. The Morgan fingerprint density at radius 2 is 1.69 bits per heavy atom. The van der Waals surface area contributed by atoms with Crippen LogP contribution in [0.3, 0.4) is 0 Å². The molecule has 4 saturated heterocycles. The number of carbonyl (C=O) groups is 3. The number of benzene rings is 1. The third-order valence-corrected chi connectivity index (χ3v) is 12.7. The minimum Gasteiger partial charge on any atom is -0.436 e. The maximum atomic E-state index is 14.1. The normalized spacial score (nSPS) is 25.9. The highest BCUT2D eigenvalue weighted by molar-refractivity contribution is 7.08. The van der Waals surface area contributed by atoms with Crippen LogP contribution >= 0.6 is 22.9 Å². The van der Waals surface area contributed by atoms with Gasteiger partial charge in [0, 0.05) is 80.8 Å². The molecule has 3 atom stereocenters. The number of piperidine rings is 2. The van der Waals surface area contributed by atoms with Crippen LogP contribution in [-0.4, -0.2) is 119 Å². The predicted molar refractivity (Wildman–Crippen MR) is 188 cm³/mol. The summed E-state index contributed by atoms with van der Waals surface area (Å²) < 4.78 is 6.09. The average molecular weight is 698 g/mol. The van der Waals surface area contributed by atoms with Crippen LogP contribution in [0.2, 0.25) is 5.02 Å². The number of hydrogen-bond donors (Lipinski definition) is 2. The first kappa shape index (κ1) is 33.4. The van der Waals surface area contributed by atoms with E-state index in [1.807, 2.05) is 28.2 Å². The summed E-state index contributed by atoms with van der Waals surface area (Å²) in [6.07, 6.45) is 5.74. The van der Waals surface area contributed by atoms with Gasteiger partial charge in [-0.2, -0.15) is 0 Å².